The predicted octanol–water partition coefficient (Wildman–Crippen LogP) is 3.51. The van der Waals surface area contributed by atoms with Gasteiger partial charge < -0.3 is 15.8 Å². The van der Waals surface area contributed by atoms with E-state index in [1.165, 1.54) is 0 Å². The third-order valence-corrected chi connectivity index (χ3v) is 3.82. The average molecular weight is 395 g/mol. The van der Waals surface area contributed by atoms with Crippen molar-refractivity contribution in [3.8, 4) is 5.88 Å². The molecule has 0 amide bonds. The number of aromatic nitrogens is 3. The van der Waals surface area contributed by atoms with E-state index in [4.69, 9.17) is 22.1 Å². The Kier molecular flexibility index (Phi) is 4.78. The van der Waals surface area contributed by atoms with Gasteiger partial charge in [-0.05, 0) is 30.3 Å². The Hall–Kier alpha value is -2.12. The lowest BCUT2D eigenvalue weighted by Gasteiger charge is -2.09. The Morgan fingerprint density at radius 3 is 2.96 bits per heavy atom. The van der Waals surface area contributed by atoms with Crippen LogP contribution in [0.25, 0.3) is 10.9 Å². The fourth-order valence-corrected chi connectivity index (χ4v) is 2.52. The highest BCUT2D eigenvalue weighted by atomic mass is 79.9. The summed E-state index contributed by atoms with van der Waals surface area (Å²) in [5.41, 5.74) is 6.72. The molecule has 0 aliphatic carbocycles. The zero-order chi connectivity index (χ0) is 16.2. The Morgan fingerprint density at radius 2 is 2.13 bits per heavy atom. The highest BCUT2D eigenvalue weighted by Gasteiger charge is 2.06. The Bertz CT molecular complexity index is 845. The second-order valence-corrected chi connectivity index (χ2v) is 5.98. The largest absolute Gasteiger partial charge is 0.475 e. The van der Waals surface area contributed by atoms with Crippen LogP contribution in [0.15, 0.2) is 41.0 Å². The van der Waals surface area contributed by atoms with Gasteiger partial charge in [0.15, 0.2) is 0 Å². The molecule has 2 heterocycles. The second kappa shape index (κ2) is 6.97. The minimum atomic E-state index is 0.372. The minimum Gasteiger partial charge on any atom is -0.475 e. The van der Waals surface area contributed by atoms with Crippen molar-refractivity contribution in [2.75, 3.05) is 24.2 Å². The Morgan fingerprint density at radius 1 is 1.26 bits per heavy atom. The van der Waals surface area contributed by atoms with Crippen molar-refractivity contribution in [2.45, 2.75) is 0 Å². The molecule has 0 aliphatic rings. The molecule has 6 nitrogen and oxygen atoms in total. The molecule has 0 aliphatic heterocycles. The van der Waals surface area contributed by atoms with E-state index in [1.807, 2.05) is 18.2 Å². The van der Waals surface area contributed by atoms with Crippen LogP contribution in [0, 0.1) is 0 Å². The maximum absolute atomic E-state index is 5.97. The third kappa shape index (κ3) is 3.80. The molecule has 118 valence electrons. The van der Waals surface area contributed by atoms with Crippen LogP contribution in [-0.4, -0.2) is 28.1 Å². The summed E-state index contributed by atoms with van der Waals surface area (Å²) in [7, 11) is 0. The van der Waals surface area contributed by atoms with E-state index in [9.17, 15) is 0 Å². The first-order chi connectivity index (χ1) is 11.1. The number of hydrogen-bond donors (Lipinski definition) is 2. The van der Waals surface area contributed by atoms with Crippen LogP contribution in [0.5, 0.6) is 5.88 Å². The zero-order valence-corrected chi connectivity index (χ0v) is 14.3. The summed E-state index contributed by atoms with van der Waals surface area (Å²) in [6, 6.07) is 9.15. The molecule has 0 unspecified atom stereocenters. The molecule has 0 fully saturated rings. The molecule has 3 rings (SSSR count). The normalized spacial score (nSPS) is 10.7. The molecule has 0 saturated heterocycles. The Labute approximate surface area is 146 Å². The van der Waals surface area contributed by atoms with E-state index in [0.717, 1.165) is 15.4 Å². The van der Waals surface area contributed by atoms with Crippen molar-refractivity contribution < 1.29 is 4.74 Å². The summed E-state index contributed by atoms with van der Waals surface area (Å²) in [5.74, 6) is 1.28. The van der Waals surface area contributed by atoms with E-state index < -0.39 is 0 Å². The molecule has 3 N–H and O–H groups in total. The number of fused-ring (bicyclic) bond motifs is 1. The van der Waals surface area contributed by atoms with Crippen molar-refractivity contribution in [3.05, 3.63) is 46.0 Å². The monoisotopic (exact) mass is 393 g/mol. The summed E-state index contributed by atoms with van der Waals surface area (Å²) in [5, 5.41) is 4.36. The topological polar surface area (TPSA) is 86.0 Å². The fraction of sp³-hybridized carbons (Fsp3) is 0.133. The van der Waals surface area contributed by atoms with E-state index in [-0.39, 0.29) is 0 Å². The quantitative estimate of drug-likeness (QED) is 0.644. The summed E-state index contributed by atoms with van der Waals surface area (Å²) < 4.78 is 6.43. The molecular weight excluding hydrogens is 382 g/mol. The first kappa shape index (κ1) is 15.8. The number of benzene rings is 1. The SMILES string of the molecule is Nc1nc(NCCOc2ncccc2Cl)nc2cc(Br)ccc12. The molecular formula is C15H13BrClN5O. The maximum Gasteiger partial charge on any atom is 0.232 e. The highest BCUT2D eigenvalue weighted by Crippen LogP contribution is 2.23. The van der Waals surface area contributed by atoms with Crippen molar-refractivity contribution >= 4 is 50.2 Å². The van der Waals surface area contributed by atoms with Gasteiger partial charge in [-0.3, -0.25) is 0 Å². The smallest absolute Gasteiger partial charge is 0.232 e. The molecule has 23 heavy (non-hydrogen) atoms. The standard InChI is InChI=1S/C15H13BrClN5O/c16-9-3-4-10-12(8-9)21-15(22-13(10)18)20-6-7-23-14-11(17)2-1-5-19-14/h1-5,8H,6-7H2,(H3,18,20,21,22). The molecule has 3 aromatic rings. The summed E-state index contributed by atoms with van der Waals surface area (Å²) >= 11 is 9.38. The lowest BCUT2D eigenvalue weighted by molar-refractivity contribution is 0.320. The van der Waals surface area contributed by atoms with Gasteiger partial charge in [0, 0.05) is 16.1 Å². The minimum absolute atomic E-state index is 0.372. The van der Waals surface area contributed by atoms with Gasteiger partial charge in [-0.25, -0.2) is 9.97 Å². The van der Waals surface area contributed by atoms with E-state index in [0.29, 0.717) is 35.8 Å². The summed E-state index contributed by atoms with van der Waals surface area (Å²) in [6.07, 6.45) is 1.62. The van der Waals surface area contributed by atoms with Crippen molar-refractivity contribution in [3.63, 3.8) is 0 Å². The van der Waals surface area contributed by atoms with Crippen LogP contribution in [0.4, 0.5) is 11.8 Å². The van der Waals surface area contributed by atoms with E-state index in [2.05, 4.69) is 36.2 Å². The van der Waals surface area contributed by atoms with Gasteiger partial charge in [-0.15, -0.1) is 0 Å². The van der Waals surface area contributed by atoms with Gasteiger partial charge in [0.1, 0.15) is 17.4 Å². The number of halogens is 2. The number of rotatable bonds is 5. The van der Waals surface area contributed by atoms with Crippen molar-refractivity contribution in [1.82, 2.24) is 15.0 Å². The molecule has 0 saturated carbocycles. The van der Waals surface area contributed by atoms with Crippen molar-refractivity contribution in [2.24, 2.45) is 0 Å². The van der Waals surface area contributed by atoms with Crippen LogP contribution < -0.4 is 15.8 Å². The first-order valence-corrected chi connectivity index (χ1v) is 8.00. The van der Waals surface area contributed by atoms with E-state index in [1.54, 1.807) is 18.3 Å². The van der Waals surface area contributed by atoms with Gasteiger partial charge >= 0.3 is 0 Å². The molecule has 2 aromatic heterocycles. The third-order valence-electron chi connectivity index (χ3n) is 3.04. The first-order valence-electron chi connectivity index (χ1n) is 6.83. The molecule has 0 bridgehead atoms. The van der Waals surface area contributed by atoms with Gasteiger partial charge in [0.25, 0.3) is 0 Å². The number of anilines is 2. The fourth-order valence-electron chi connectivity index (χ4n) is 1.99. The molecule has 1 aromatic carbocycles. The van der Waals surface area contributed by atoms with Gasteiger partial charge in [0.05, 0.1) is 12.1 Å². The van der Waals surface area contributed by atoms with E-state index >= 15 is 0 Å². The van der Waals surface area contributed by atoms with Crippen LogP contribution in [0.3, 0.4) is 0 Å². The molecule has 0 atom stereocenters. The lowest BCUT2D eigenvalue weighted by atomic mass is 10.2. The number of nitrogens with one attached hydrogen (secondary N) is 1. The molecule has 0 radical (unpaired) electrons. The van der Waals surface area contributed by atoms with Crippen LogP contribution in [0.2, 0.25) is 5.02 Å². The van der Waals surface area contributed by atoms with Gasteiger partial charge in [-0.2, -0.15) is 4.98 Å². The van der Waals surface area contributed by atoms with Gasteiger partial charge in [0.2, 0.25) is 11.8 Å². The van der Waals surface area contributed by atoms with Crippen molar-refractivity contribution in [1.29, 1.82) is 0 Å². The van der Waals surface area contributed by atoms with Gasteiger partial charge in [-0.1, -0.05) is 27.5 Å². The van der Waals surface area contributed by atoms with Crippen LogP contribution in [0.1, 0.15) is 0 Å². The predicted molar refractivity (Wildman–Crippen MR) is 94.9 cm³/mol. The zero-order valence-electron chi connectivity index (χ0n) is 12.0. The van der Waals surface area contributed by atoms with Crippen LogP contribution in [-0.2, 0) is 0 Å². The highest BCUT2D eigenvalue weighted by molar-refractivity contribution is 9.10. The van der Waals surface area contributed by atoms with Crippen LogP contribution >= 0.6 is 27.5 Å². The number of nitrogens with zero attached hydrogens (tertiary/aromatic N) is 3. The number of ether oxygens (including phenoxy) is 1. The summed E-state index contributed by atoms with van der Waals surface area (Å²) in [4.78, 5) is 12.7. The maximum atomic E-state index is 5.97. The molecule has 8 heteroatoms. The number of hydrogen-bond acceptors (Lipinski definition) is 6. The second-order valence-electron chi connectivity index (χ2n) is 4.66. The summed E-state index contributed by atoms with van der Waals surface area (Å²) in [6.45, 7) is 0.863. The Balaban J connectivity index is 1.64. The number of pyridine rings is 1. The molecule has 0 spiro atoms. The lowest BCUT2D eigenvalue weighted by Crippen LogP contribution is -2.14. The average Bonchev–Trinajstić information content (AvgIpc) is 2.52. The number of nitrogen functional groups attached to an aromatic ring is 1. The number of nitrogens with two attached hydrogens (primary N) is 1.